The van der Waals surface area contributed by atoms with Crippen LogP contribution in [0.2, 0.25) is 0 Å². The quantitative estimate of drug-likeness (QED) is 0.738. The van der Waals surface area contributed by atoms with Crippen LogP contribution in [0.4, 0.5) is 5.82 Å². The third-order valence-electron chi connectivity index (χ3n) is 2.44. The lowest BCUT2D eigenvalue weighted by molar-refractivity contribution is 0.725. The fraction of sp³-hybridized carbons (Fsp3) is 0.556. The molecule has 76 valence electrons. The summed E-state index contributed by atoms with van der Waals surface area (Å²) in [5.74, 6) is 0.940. The van der Waals surface area contributed by atoms with Crippen molar-refractivity contribution in [2.45, 2.75) is 24.8 Å². The second kappa shape index (κ2) is 4.03. The first-order chi connectivity index (χ1) is 6.68. The largest absolute Gasteiger partial charge is 0.351 e. The van der Waals surface area contributed by atoms with E-state index >= 15 is 0 Å². The van der Waals surface area contributed by atoms with Crippen molar-refractivity contribution in [1.29, 1.82) is 0 Å². The fourth-order valence-corrected chi connectivity index (χ4v) is 2.63. The summed E-state index contributed by atoms with van der Waals surface area (Å²) in [5, 5.41) is 0.229. The zero-order valence-corrected chi connectivity index (χ0v) is 10.2. The highest BCUT2D eigenvalue weighted by molar-refractivity contribution is 9.10. The first kappa shape index (κ1) is 10.2. The molecule has 0 saturated carbocycles. The van der Waals surface area contributed by atoms with E-state index in [0.29, 0.717) is 6.04 Å². The Kier molecular flexibility index (Phi) is 2.93. The van der Waals surface area contributed by atoms with Crippen LogP contribution in [-0.2, 0) is 0 Å². The van der Waals surface area contributed by atoms with Crippen LogP contribution < -0.4 is 4.90 Å². The molecule has 1 saturated heterocycles. The van der Waals surface area contributed by atoms with Crippen molar-refractivity contribution in [2.75, 3.05) is 11.4 Å². The number of nitrogens with zero attached hydrogens (tertiary/aromatic N) is 3. The van der Waals surface area contributed by atoms with Crippen LogP contribution >= 0.6 is 27.5 Å². The lowest BCUT2D eigenvalue weighted by atomic mass is 10.2. The third kappa shape index (κ3) is 1.86. The first-order valence-corrected chi connectivity index (χ1v) is 5.77. The second-order valence-corrected chi connectivity index (χ2v) is 5.00. The van der Waals surface area contributed by atoms with E-state index in [1.165, 1.54) is 0 Å². The molecule has 1 aromatic heterocycles. The molecule has 0 aromatic carbocycles. The standard InChI is InChI=1S/C9H11BrClN3/c1-6-2-7(11)4-14(6)9-8(10)3-12-5-13-9/h3,5-7H,2,4H2,1H3. The molecule has 0 amide bonds. The topological polar surface area (TPSA) is 29.0 Å². The molecule has 2 rings (SSSR count). The van der Waals surface area contributed by atoms with Gasteiger partial charge in [-0.2, -0.15) is 0 Å². The maximum absolute atomic E-state index is 6.10. The number of halogens is 2. The first-order valence-electron chi connectivity index (χ1n) is 4.54. The summed E-state index contributed by atoms with van der Waals surface area (Å²) in [7, 11) is 0. The van der Waals surface area contributed by atoms with E-state index in [9.17, 15) is 0 Å². The Bertz CT molecular complexity index is 334. The van der Waals surface area contributed by atoms with Gasteiger partial charge in [0.1, 0.15) is 12.1 Å². The minimum atomic E-state index is 0.229. The van der Waals surface area contributed by atoms with Crippen LogP contribution in [0.25, 0.3) is 0 Å². The van der Waals surface area contributed by atoms with E-state index in [0.717, 1.165) is 23.3 Å². The van der Waals surface area contributed by atoms with Gasteiger partial charge in [0.25, 0.3) is 0 Å². The van der Waals surface area contributed by atoms with Gasteiger partial charge in [-0.25, -0.2) is 9.97 Å². The van der Waals surface area contributed by atoms with Crippen molar-refractivity contribution in [3.8, 4) is 0 Å². The molecule has 1 aliphatic heterocycles. The van der Waals surface area contributed by atoms with E-state index in [4.69, 9.17) is 11.6 Å². The van der Waals surface area contributed by atoms with E-state index < -0.39 is 0 Å². The van der Waals surface area contributed by atoms with Crippen molar-refractivity contribution in [2.24, 2.45) is 0 Å². The zero-order valence-electron chi connectivity index (χ0n) is 7.82. The highest BCUT2D eigenvalue weighted by Crippen LogP contribution is 2.30. The van der Waals surface area contributed by atoms with Crippen LogP contribution in [-0.4, -0.2) is 27.9 Å². The van der Waals surface area contributed by atoms with E-state index in [2.05, 4.69) is 37.7 Å². The van der Waals surface area contributed by atoms with Gasteiger partial charge in [-0.3, -0.25) is 0 Å². The summed E-state index contributed by atoms with van der Waals surface area (Å²) >= 11 is 9.55. The molecule has 1 aromatic rings. The molecule has 1 fully saturated rings. The number of aromatic nitrogens is 2. The van der Waals surface area contributed by atoms with Crippen molar-refractivity contribution in [3.63, 3.8) is 0 Å². The molecule has 0 spiro atoms. The van der Waals surface area contributed by atoms with Crippen molar-refractivity contribution < 1.29 is 0 Å². The molecular weight excluding hydrogens is 265 g/mol. The summed E-state index contributed by atoms with van der Waals surface area (Å²) in [6.07, 6.45) is 4.34. The monoisotopic (exact) mass is 275 g/mol. The summed E-state index contributed by atoms with van der Waals surface area (Å²) < 4.78 is 0.928. The molecule has 14 heavy (non-hydrogen) atoms. The van der Waals surface area contributed by atoms with Crippen molar-refractivity contribution >= 4 is 33.3 Å². The molecule has 0 bridgehead atoms. The predicted molar refractivity (Wildman–Crippen MR) is 60.8 cm³/mol. The normalized spacial score (nSPS) is 26.9. The molecule has 0 radical (unpaired) electrons. The molecule has 3 nitrogen and oxygen atoms in total. The Labute approximate surface area is 96.6 Å². The van der Waals surface area contributed by atoms with Crippen LogP contribution in [0.5, 0.6) is 0 Å². The van der Waals surface area contributed by atoms with Crippen LogP contribution in [0.3, 0.4) is 0 Å². The maximum Gasteiger partial charge on any atom is 0.146 e. The Hall–Kier alpha value is -0.350. The van der Waals surface area contributed by atoms with E-state index in [1.54, 1.807) is 12.5 Å². The second-order valence-electron chi connectivity index (χ2n) is 3.53. The lowest BCUT2D eigenvalue weighted by Crippen LogP contribution is -2.28. The lowest BCUT2D eigenvalue weighted by Gasteiger charge is -2.22. The minimum Gasteiger partial charge on any atom is -0.351 e. The van der Waals surface area contributed by atoms with Gasteiger partial charge in [-0.05, 0) is 29.3 Å². The van der Waals surface area contributed by atoms with Crippen LogP contribution in [0, 0.1) is 0 Å². The third-order valence-corrected chi connectivity index (χ3v) is 3.32. The number of hydrogen-bond acceptors (Lipinski definition) is 3. The highest BCUT2D eigenvalue weighted by atomic mass is 79.9. The smallest absolute Gasteiger partial charge is 0.146 e. The van der Waals surface area contributed by atoms with Crippen molar-refractivity contribution in [3.05, 3.63) is 17.0 Å². The Balaban J connectivity index is 2.27. The van der Waals surface area contributed by atoms with Gasteiger partial charge >= 0.3 is 0 Å². The molecule has 2 atom stereocenters. The molecular formula is C9H11BrClN3. The minimum absolute atomic E-state index is 0.229. The summed E-state index contributed by atoms with van der Waals surface area (Å²) in [6, 6.07) is 0.448. The zero-order chi connectivity index (χ0) is 10.1. The molecule has 2 unspecified atom stereocenters. The molecule has 0 N–H and O–H groups in total. The van der Waals surface area contributed by atoms with Gasteiger partial charge in [0.2, 0.25) is 0 Å². The van der Waals surface area contributed by atoms with E-state index in [1.807, 2.05) is 0 Å². The molecule has 0 aliphatic carbocycles. The van der Waals surface area contributed by atoms with Gasteiger partial charge in [-0.1, -0.05) is 0 Å². The summed E-state index contributed by atoms with van der Waals surface area (Å²) in [6.45, 7) is 3.02. The summed E-state index contributed by atoms with van der Waals surface area (Å²) in [4.78, 5) is 10.4. The molecule has 1 aliphatic rings. The highest BCUT2D eigenvalue weighted by Gasteiger charge is 2.29. The SMILES string of the molecule is CC1CC(Cl)CN1c1ncncc1Br. The van der Waals surface area contributed by atoms with Gasteiger partial charge in [0.15, 0.2) is 0 Å². The van der Waals surface area contributed by atoms with Gasteiger partial charge in [0, 0.05) is 18.8 Å². The van der Waals surface area contributed by atoms with Crippen LogP contribution in [0.1, 0.15) is 13.3 Å². The average molecular weight is 277 g/mol. The van der Waals surface area contributed by atoms with Gasteiger partial charge in [-0.15, -0.1) is 11.6 Å². The predicted octanol–water partition coefficient (Wildman–Crippen LogP) is 2.45. The fourth-order valence-electron chi connectivity index (χ4n) is 1.78. The number of alkyl halides is 1. The average Bonchev–Trinajstić information content (AvgIpc) is 2.46. The Morgan fingerprint density at radius 3 is 3.00 bits per heavy atom. The number of rotatable bonds is 1. The van der Waals surface area contributed by atoms with Gasteiger partial charge in [0.05, 0.1) is 9.85 Å². The number of hydrogen-bond donors (Lipinski definition) is 0. The number of anilines is 1. The summed E-state index contributed by atoms with van der Waals surface area (Å²) in [5.41, 5.74) is 0. The van der Waals surface area contributed by atoms with Gasteiger partial charge < -0.3 is 4.90 Å². The Morgan fingerprint density at radius 1 is 1.64 bits per heavy atom. The molecule has 5 heteroatoms. The van der Waals surface area contributed by atoms with Crippen molar-refractivity contribution in [1.82, 2.24) is 9.97 Å². The van der Waals surface area contributed by atoms with E-state index in [-0.39, 0.29) is 5.38 Å². The van der Waals surface area contributed by atoms with Crippen LogP contribution in [0.15, 0.2) is 17.0 Å². The Morgan fingerprint density at radius 2 is 2.43 bits per heavy atom. The maximum atomic E-state index is 6.10. The molecule has 2 heterocycles.